The lowest BCUT2D eigenvalue weighted by Crippen LogP contribution is -2.14. The fourth-order valence-electron chi connectivity index (χ4n) is 2.79. The van der Waals surface area contributed by atoms with Crippen LogP contribution >= 0.6 is 0 Å². The topological polar surface area (TPSA) is 37.0 Å². The van der Waals surface area contributed by atoms with Crippen LogP contribution in [-0.2, 0) is 6.18 Å². The molecule has 0 aromatic carbocycles. The van der Waals surface area contributed by atoms with Gasteiger partial charge in [0.15, 0.2) is 0 Å². The Kier molecular flexibility index (Phi) is 5.31. The molecule has 0 unspecified atom stereocenters. The molecule has 1 fully saturated rings. The first-order valence-corrected chi connectivity index (χ1v) is 7.50. The van der Waals surface area contributed by atoms with Crippen LogP contribution in [0.25, 0.3) is 0 Å². The molecule has 2 rings (SSSR count). The number of hydrogen-bond donors (Lipinski definition) is 2. The number of aromatic nitrogens is 1. The molecule has 0 radical (unpaired) electrons. The third kappa shape index (κ3) is 4.79. The Bertz CT molecular complexity index is 454. The average Bonchev–Trinajstić information content (AvgIpc) is 2.47. The van der Waals surface area contributed by atoms with Gasteiger partial charge in [-0.3, -0.25) is 0 Å². The van der Waals surface area contributed by atoms with Crippen molar-refractivity contribution in [3.8, 4) is 0 Å². The molecular weight excluding hydrogens is 279 g/mol. The van der Waals surface area contributed by atoms with Crippen LogP contribution < -0.4 is 10.6 Å². The van der Waals surface area contributed by atoms with E-state index in [9.17, 15) is 13.2 Å². The Morgan fingerprint density at radius 2 is 1.81 bits per heavy atom. The fraction of sp³-hybridized carbons (Fsp3) is 0.667. The zero-order valence-corrected chi connectivity index (χ0v) is 12.3. The molecule has 0 amide bonds. The van der Waals surface area contributed by atoms with Gasteiger partial charge in [0.05, 0.1) is 5.56 Å². The lowest BCUT2D eigenvalue weighted by atomic mass is 9.87. The molecule has 1 aromatic heterocycles. The second-order valence-electron chi connectivity index (χ2n) is 5.59. The van der Waals surface area contributed by atoms with Gasteiger partial charge in [-0.1, -0.05) is 32.1 Å². The minimum absolute atomic E-state index is 0.227. The lowest BCUT2D eigenvalue weighted by molar-refractivity contribution is -0.137. The summed E-state index contributed by atoms with van der Waals surface area (Å²) in [5, 5.41) is 5.70. The first kappa shape index (κ1) is 15.9. The summed E-state index contributed by atoms with van der Waals surface area (Å²) in [6, 6.07) is 2.09. The number of rotatable bonds is 5. The van der Waals surface area contributed by atoms with Crippen molar-refractivity contribution in [1.82, 2.24) is 4.98 Å². The van der Waals surface area contributed by atoms with Crippen LogP contribution in [-0.4, -0.2) is 18.6 Å². The van der Waals surface area contributed by atoms with E-state index in [-0.39, 0.29) is 11.6 Å². The highest BCUT2D eigenvalue weighted by molar-refractivity contribution is 5.49. The van der Waals surface area contributed by atoms with Gasteiger partial charge in [0.1, 0.15) is 11.6 Å². The molecule has 0 bridgehead atoms. The van der Waals surface area contributed by atoms with E-state index in [1.807, 2.05) is 0 Å². The maximum absolute atomic E-state index is 12.8. The SMILES string of the molecule is CNc1cc(C(F)(F)F)cc(NCCC2CCCCC2)n1. The summed E-state index contributed by atoms with van der Waals surface area (Å²) < 4.78 is 38.4. The van der Waals surface area contributed by atoms with E-state index in [0.717, 1.165) is 18.6 Å². The van der Waals surface area contributed by atoms with E-state index in [1.54, 1.807) is 7.05 Å². The quantitative estimate of drug-likeness (QED) is 0.839. The second-order valence-corrected chi connectivity index (χ2v) is 5.59. The van der Waals surface area contributed by atoms with Crippen molar-refractivity contribution >= 4 is 11.6 Å². The van der Waals surface area contributed by atoms with Gasteiger partial charge in [0.25, 0.3) is 0 Å². The minimum atomic E-state index is -4.35. The summed E-state index contributed by atoms with van der Waals surface area (Å²) >= 11 is 0. The largest absolute Gasteiger partial charge is 0.416 e. The molecule has 0 saturated heterocycles. The third-order valence-corrected chi connectivity index (χ3v) is 3.99. The Morgan fingerprint density at radius 1 is 1.14 bits per heavy atom. The molecule has 1 saturated carbocycles. The van der Waals surface area contributed by atoms with Crippen LogP contribution in [0.5, 0.6) is 0 Å². The molecule has 118 valence electrons. The zero-order valence-electron chi connectivity index (χ0n) is 12.3. The molecule has 1 heterocycles. The molecule has 6 heteroatoms. The van der Waals surface area contributed by atoms with Crippen LogP contribution in [0.4, 0.5) is 24.8 Å². The number of nitrogens with zero attached hydrogens (tertiary/aromatic N) is 1. The van der Waals surface area contributed by atoms with Crippen LogP contribution in [0.15, 0.2) is 12.1 Å². The molecule has 3 nitrogen and oxygen atoms in total. The van der Waals surface area contributed by atoms with E-state index in [4.69, 9.17) is 0 Å². The maximum atomic E-state index is 12.8. The molecular formula is C15H22F3N3. The number of nitrogens with one attached hydrogen (secondary N) is 2. The van der Waals surface area contributed by atoms with Crippen molar-refractivity contribution in [2.75, 3.05) is 24.2 Å². The van der Waals surface area contributed by atoms with Crippen molar-refractivity contribution in [3.63, 3.8) is 0 Å². The highest BCUT2D eigenvalue weighted by Crippen LogP contribution is 2.32. The Morgan fingerprint density at radius 3 is 2.43 bits per heavy atom. The Balaban J connectivity index is 1.95. The summed E-state index contributed by atoms with van der Waals surface area (Å²) in [4.78, 5) is 4.13. The zero-order chi connectivity index (χ0) is 15.3. The van der Waals surface area contributed by atoms with E-state index >= 15 is 0 Å². The van der Waals surface area contributed by atoms with Crippen LogP contribution in [0.3, 0.4) is 0 Å². The van der Waals surface area contributed by atoms with Gasteiger partial charge in [-0.25, -0.2) is 4.98 Å². The van der Waals surface area contributed by atoms with Crippen molar-refractivity contribution in [2.24, 2.45) is 5.92 Å². The summed E-state index contributed by atoms with van der Waals surface area (Å²) in [5.41, 5.74) is -0.679. The second kappa shape index (κ2) is 7.00. The highest BCUT2D eigenvalue weighted by Gasteiger charge is 2.31. The monoisotopic (exact) mass is 301 g/mol. The number of anilines is 2. The first-order chi connectivity index (χ1) is 9.99. The predicted molar refractivity (Wildman–Crippen MR) is 78.5 cm³/mol. The Labute approximate surface area is 123 Å². The fourth-order valence-corrected chi connectivity index (χ4v) is 2.79. The molecule has 0 spiro atoms. The van der Waals surface area contributed by atoms with Crippen molar-refractivity contribution < 1.29 is 13.2 Å². The van der Waals surface area contributed by atoms with E-state index < -0.39 is 11.7 Å². The van der Waals surface area contributed by atoms with Gasteiger partial charge in [0, 0.05) is 13.6 Å². The first-order valence-electron chi connectivity index (χ1n) is 7.50. The molecule has 0 atom stereocenters. The number of halogens is 3. The van der Waals surface area contributed by atoms with Crippen molar-refractivity contribution in [3.05, 3.63) is 17.7 Å². The van der Waals surface area contributed by atoms with Gasteiger partial charge < -0.3 is 10.6 Å². The predicted octanol–water partition coefficient (Wildman–Crippen LogP) is 4.52. The molecule has 1 aliphatic carbocycles. The average molecular weight is 301 g/mol. The molecule has 1 aromatic rings. The number of hydrogen-bond acceptors (Lipinski definition) is 3. The lowest BCUT2D eigenvalue weighted by Gasteiger charge is -2.21. The molecule has 2 N–H and O–H groups in total. The number of pyridine rings is 1. The summed E-state index contributed by atoms with van der Waals surface area (Å²) in [6.45, 7) is 0.669. The van der Waals surface area contributed by atoms with Crippen molar-refractivity contribution in [1.29, 1.82) is 0 Å². The normalized spacial score (nSPS) is 16.8. The summed E-state index contributed by atoms with van der Waals surface area (Å²) in [5.74, 6) is 1.20. The summed E-state index contributed by atoms with van der Waals surface area (Å²) in [7, 11) is 1.56. The summed E-state index contributed by atoms with van der Waals surface area (Å²) in [6.07, 6.45) is 2.97. The smallest absolute Gasteiger partial charge is 0.373 e. The van der Waals surface area contributed by atoms with Gasteiger partial charge in [-0.05, 0) is 24.5 Å². The maximum Gasteiger partial charge on any atom is 0.416 e. The highest BCUT2D eigenvalue weighted by atomic mass is 19.4. The number of alkyl halides is 3. The third-order valence-electron chi connectivity index (χ3n) is 3.99. The standard InChI is InChI=1S/C15H22F3N3/c1-19-13-9-12(15(16,17)18)10-14(21-13)20-8-7-11-5-3-2-4-6-11/h9-11H,2-8H2,1H3,(H2,19,20,21). The van der Waals surface area contributed by atoms with Gasteiger partial charge in [-0.2, -0.15) is 13.2 Å². The minimum Gasteiger partial charge on any atom is -0.373 e. The van der Waals surface area contributed by atoms with Gasteiger partial charge in [0.2, 0.25) is 0 Å². The van der Waals surface area contributed by atoms with E-state index in [0.29, 0.717) is 12.5 Å². The van der Waals surface area contributed by atoms with Crippen LogP contribution in [0.2, 0.25) is 0 Å². The van der Waals surface area contributed by atoms with Crippen LogP contribution in [0, 0.1) is 5.92 Å². The van der Waals surface area contributed by atoms with E-state index in [2.05, 4.69) is 15.6 Å². The molecule has 0 aliphatic heterocycles. The van der Waals surface area contributed by atoms with Crippen molar-refractivity contribution in [2.45, 2.75) is 44.7 Å². The van der Waals surface area contributed by atoms with Gasteiger partial charge >= 0.3 is 6.18 Å². The molecule has 1 aliphatic rings. The van der Waals surface area contributed by atoms with E-state index in [1.165, 1.54) is 32.1 Å². The molecule has 21 heavy (non-hydrogen) atoms. The van der Waals surface area contributed by atoms with Crippen LogP contribution in [0.1, 0.15) is 44.1 Å². The Hall–Kier alpha value is -1.46. The van der Waals surface area contributed by atoms with Gasteiger partial charge in [-0.15, -0.1) is 0 Å².